The number of benzene rings is 1. The van der Waals surface area contributed by atoms with Crippen LogP contribution >= 0.6 is 0 Å². The lowest BCUT2D eigenvalue weighted by molar-refractivity contribution is 0.0639. The third-order valence-electron chi connectivity index (χ3n) is 4.46. The van der Waals surface area contributed by atoms with Crippen LogP contribution in [0.5, 0.6) is 5.75 Å². The van der Waals surface area contributed by atoms with Gasteiger partial charge in [0, 0.05) is 43.7 Å². The minimum absolute atomic E-state index is 0.113. The zero-order chi connectivity index (χ0) is 17.8. The maximum atomic E-state index is 12.9. The van der Waals surface area contributed by atoms with Gasteiger partial charge < -0.3 is 14.1 Å². The van der Waals surface area contributed by atoms with Gasteiger partial charge in [-0.15, -0.1) is 0 Å². The zero-order valence-corrected chi connectivity index (χ0v) is 14.8. The Morgan fingerprint density at radius 2 is 1.92 bits per heavy atom. The molecule has 0 bridgehead atoms. The van der Waals surface area contributed by atoms with E-state index in [1.165, 1.54) is 6.07 Å². The fraction of sp³-hybridized carbons (Fsp3) is 0.474. The van der Waals surface area contributed by atoms with Gasteiger partial charge in [0.15, 0.2) is 0 Å². The molecule has 6 nitrogen and oxygen atoms in total. The van der Waals surface area contributed by atoms with Crippen molar-refractivity contribution in [1.29, 1.82) is 0 Å². The molecule has 1 aromatic carbocycles. The highest BCUT2D eigenvalue weighted by atomic mass is 16.5. The van der Waals surface area contributed by atoms with Gasteiger partial charge in [-0.25, -0.2) is 4.79 Å². The maximum Gasteiger partial charge on any atom is 0.337 e. The summed E-state index contributed by atoms with van der Waals surface area (Å²) in [4.78, 5) is 29.0. The molecule has 1 aliphatic rings. The summed E-state index contributed by atoms with van der Waals surface area (Å²) in [7, 11) is 0. The second kappa shape index (κ2) is 7.70. The topological polar surface area (TPSA) is 63.0 Å². The fourth-order valence-corrected chi connectivity index (χ4v) is 3.24. The highest BCUT2D eigenvalue weighted by molar-refractivity contribution is 6.05. The summed E-state index contributed by atoms with van der Waals surface area (Å²) in [5.74, 6) is 0.508. The molecule has 0 atom stereocenters. The Bertz CT molecular complexity index is 807. The number of nitrogens with zero attached hydrogens (tertiary/aromatic N) is 2. The molecule has 1 aliphatic heterocycles. The Kier molecular flexibility index (Phi) is 5.38. The minimum Gasteiger partial charge on any atom is -0.494 e. The van der Waals surface area contributed by atoms with E-state index in [1.807, 2.05) is 11.8 Å². The lowest BCUT2D eigenvalue weighted by Crippen LogP contribution is -2.48. The summed E-state index contributed by atoms with van der Waals surface area (Å²) in [6.07, 6.45) is 1.11. The number of carbonyl (C=O) groups excluding carboxylic acids is 1. The Morgan fingerprint density at radius 3 is 2.60 bits per heavy atom. The molecule has 3 rings (SSSR count). The molecular weight excluding hydrogens is 320 g/mol. The van der Waals surface area contributed by atoms with E-state index in [1.54, 1.807) is 18.2 Å². The van der Waals surface area contributed by atoms with Crippen molar-refractivity contribution in [3.63, 3.8) is 0 Å². The van der Waals surface area contributed by atoms with Crippen LogP contribution in [0.2, 0.25) is 0 Å². The lowest BCUT2D eigenvalue weighted by Gasteiger charge is -2.34. The van der Waals surface area contributed by atoms with E-state index in [2.05, 4.69) is 11.8 Å². The van der Waals surface area contributed by atoms with E-state index >= 15 is 0 Å². The number of hydrogen-bond donors (Lipinski definition) is 0. The summed E-state index contributed by atoms with van der Waals surface area (Å²) in [5.41, 5.74) is 0.263. The van der Waals surface area contributed by atoms with E-state index in [-0.39, 0.29) is 5.91 Å². The summed E-state index contributed by atoms with van der Waals surface area (Å²) in [6, 6.07) is 6.53. The van der Waals surface area contributed by atoms with E-state index < -0.39 is 5.63 Å². The van der Waals surface area contributed by atoms with Gasteiger partial charge in [-0.05, 0) is 32.0 Å². The van der Waals surface area contributed by atoms with Crippen molar-refractivity contribution in [3.05, 3.63) is 40.2 Å². The Labute approximate surface area is 147 Å². The molecule has 0 saturated carbocycles. The zero-order valence-electron chi connectivity index (χ0n) is 14.8. The molecule has 134 valence electrons. The molecule has 0 spiro atoms. The van der Waals surface area contributed by atoms with Crippen LogP contribution in [-0.4, -0.2) is 55.0 Å². The maximum absolute atomic E-state index is 12.9. The van der Waals surface area contributed by atoms with Crippen LogP contribution < -0.4 is 10.4 Å². The molecule has 1 aromatic heterocycles. The third kappa shape index (κ3) is 3.85. The number of hydrogen-bond acceptors (Lipinski definition) is 5. The van der Waals surface area contributed by atoms with Gasteiger partial charge in [-0.2, -0.15) is 0 Å². The number of carbonyl (C=O) groups is 1. The lowest BCUT2D eigenvalue weighted by atomic mass is 10.1. The molecular formula is C19H24N2O4. The second-order valence-corrected chi connectivity index (χ2v) is 6.20. The van der Waals surface area contributed by atoms with Crippen molar-refractivity contribution >= 4 is 16.9 Å². The molecule has 2 aromatic rings. The first-order valence-corrected chi connectivity index (χ1v) is 8.84. The van der Waals surface area contributed by atoms with Gasteiger partial charge in [0.2, 0.25) is 0 Å². The molecule has 1 amide bonds. The molecule has 2 heterocycles. The van der Waals surface area contributed by atoms with Gasteiger partial charge in [-0.3, -0.25) is 9.69 Å². The number of amides is 1. The number of piperazine rings is 1. The Hall–Kier alpha value is -2.34. The SMILES string of the molecule is CCCN1CCN(C(=O)c2cc(=O)oc3cc(OCC)ccc23)CC1. The first-order valence-electron chi connectivity index (χ1n) is 8.84. The minimum atomic E-state index is -0.519. The molecule has 1 fully saturated rings. The van der Waals surface area contributed by atoms with Gasteiger partial charge in [0.25, 0.3) is 5.91 Å². The standard InChI is InChI=1S/C19H24N2O4/c1-3-7-20-8-10-21(11-9-20)19(23)16-13-18(22)25-17-12-14(24-4-2)5-6-15(16)17/h5-6,12-13H,3-4,7-11H2,1-2H3. The van der Waals surface area contributed by atoms with Gasteiger partial charge >= 0.3 is 5.63 Å². The summed E-state index contributed by atoms with van der Waals surface area (Å²) < 4.78 is 10.7. The van der Waals surface area contributed by atoms with Gasteiger partial charge in [-0.1, -0.05) is 6.92 Å². The largest absolute Gasteiger partial charge is 0.494 e. The second-order valence-electron chi connectivity index (χ2n) is 6.20. The van der Waals surface area contributed by atoms with Crippen molar-refractivity contribution in [3.8, 4) is 5.75 Å². The van der Waals surface area contributed by atoms with Crippen molar-refractivity contribution < 1.29 is 13.9 Å². The average molecular weight is 344 g/mol. The number of ether oxygens (including phenoxy) is 1. The molecule has 25 heavy (non-hydrogen) atoms. The predicted octanol–water partition coefficient (Wildman–Crippen LogP) is 2.36. The van der Waals surface area contributed by atoms with E-state index in [9.17, 15) is 9.59 Å². The van der Waals surface area contributed by atoms with Crippen LogP contribution in [-0.2, 0) is 0 Å². The van der Waals surface area contributed by atoms with E-state index in [0.29, 0.717) is 42.0 Å². The van der Waals surface area contributed by atoms with Crippen LogP contribution in [0.4, 0.5) is 0 Å². The number of rotatable bonds is 5. The quantitative estimate of drug-likeness (QED) is 0.779. The van der Waals surface area contributed by atoms with Crippen molar-refractivity contribution in [2.75, 3.05) is 39.3 Å². The molecule has 0 radical (unpaired) electrons. The molecule has 0 aliphatic carbocycles. The molecule has 6 heteroatoms. The molecule has 1 saturated heterocycles. The van der Waals surface area contributed by atoms with Crippen LogP contribution in [0.1, 0.15) is 30.6 Å². The first-order chi connectivity index (χ1) is 12.1. The Morgan fingerprint density at radius 1 is 1.16 bits per heavy atom. The highest BCUT2D eigenvalue weighted by Crippen LogP contribution is 2.24. The van der Waals surface area contributed by atoms with Crippen LogP contribution in [0.15, 0.2) is 33.5 Å². The number of fused-ring (bicyclic) bond motifs is 1. The van der Waals surface area contributed by atoms with Crippen LogP contribution in [0.25, 0.3) is 11.0 Å². The van der Waals surface area contributed by atoms with Gasteiger partial charge in [0.1, 0.15) is 11.3 Å². The summed E-state index contributed by atoms with van der Waals surface area (Å²) in [5, 5.41) is 0.643. The monoisotopic (exact) mass is 344 g/mol. The fourth-order valence-electron chi connectivity index (χ4n) is 3.24. The summed E-state index contributed by atoms with van der Waals surface area (Å²) in [6.45, 7) is 8.72. The molecule has 0 N–H and O–H groups in total. The van der Waals surface area contributed by atoms with Crippen LogP contribution in [0, 0.1) is 0 Å². The summed E-state index contributed by atoms with van der Waals surface area (Å²) >= 11 is 0. The van der Waals surface area contributed by atoms with Crippen molar-refractivity contribution in [1.82, 2.24) is 9.80 Å². The predicted molar refractivity (Wildman–Crippen MR) is 96.3 cm³/mol. The normalized spacial score (nSPS) is 15.5. The van der Waals surface area contributed by atoms with Gasteiger partial charge in [0.05, 0.1) is 12.2 Å². The average Bonchev–Trinajstić information content (AvgIpc) is 2.61. The third-order valence-corrected chi connectivity index (χ3v) is 4.46. The van der Waals surface area contributed by atoms with Crippen molar-refractivity contribution in [2.24, 2.45) is 0 Å². The van der Waals surface area contributed by atoms with Crippen LogP contribution in [0.3, 0.4) is 0 Å². The highest BCUT2D eigenvalue weighted by Gasteiger charge is 2.24. The smallest absolute Gasteiger partial charge is 0.337 e. The van der Waals surface area contributed by atoms with Crippen molar-refractivity contribution in [2.45, 2.75) is 20.3 Å². The van der Waals surface area contributed by atoms with E-state index in [0.717, 1.165) is 26.1 Å². The molecule has 0 unspecified atom stereocenters. The van der Waals surface area contributed by atoms with E-state index in [4.69, 9.17) is 9.15 Å². The Balaban J connectivity index is 1.87. The first kappa shape index (κ1) is 17.5.